The number of rotatable bonds is 3. The Labute approximate surface area is 101 Å². The molecule has 3 N–H and O–H groups in total. The summed E-state index contributed by atoms with van der Waals surface area (Å²) in [6, 6.07) is 10.1. The predicted molar refractivity (Wildman–Crippen MR) is 65.5 cm³/mol. The van der Waals surface area contributed by atoms with Gasteiger partial charge in [0, 0.05) is 13.1 Å². The van der Waals surface area contributed by atoms with E-state index in [2.05, 4.69) is 4.90 Å². The first kappa shape index (κ1) is 12.1. The van der Waals surface area contributed by atoms with Crippen molar-refractivity contribution in [2.45, 2.75) is 24.9 Å². The Morgan fingerprint density at radius 2 is 2.12 bits per heavy atom. The standard InChI is InChI=1S/C13H18N2O2/c14-13(12(16)17)7-4-8-15(10-13)9-11-5-2-1-3-6-11/h1-3,5-6H,4,7-10,14H2,(H,16,17)/t13-/m1/s1. The maximum Gasteiger partial charge on any atom is 0.325 e. The Kier molecular flexibility index (Phi) is 3.45. The second kappa shape index (κ2) is 4.85. The third-order valence-corrected chi connectivity index (χ3v) is 3.28. The van der Waals surface area contributed by atoms with Crippen LogP contribution < -0.4 is 5.73 Å². The van der Waals surface area contributed by atoms with Crippen molar-refractivity contribution < 1.29 is 9.90 Å². The molecule has 1 aromatic carbocycles. The lowest BCUT2D eigenvalue weighted by atomic mass is 9.90. The van der Waals surface area contributed by atoms with Gasteiger partial charge < -0.3 is 10.8 Å². The van der Waals surface area contributed by atoms with Gasteiger partial charge in [0.2, 0.25) is 0 Å². The van der Waals surface area contributed by atoms with E-state index in [-0.39, 0.29) is 0 Å². The van der Waals surface area contributed by atoms with Gasteiger partial charge in [0.25, 0.3) is 0 Å². The molecule has 0 spiro atoms. The predicted octanol–water partition coefficient (Wildman–Crippen LogP) is 1.06. The number of hydrogen-bond donors (Lipinski definition) is 2. The van der Waals surface area contributed by atoms with E-state index < -0.39 is 11.5 Å². The molecule has 17 heavy (non-hydrogen) atoms. The summed E-state index contributed by atoms with van der Waals surface area (Å²) in [5.41, 5.74) is 6.02. The summed E-state index contributed by atoms with van der Waals surface area (Å²) in [5, 5.41) is 9.13. The quantitative estimate of drug-likeness (QED) is 0.821. The van der Waals surface area contributed by atoms with E-state index in [0.29, 0.717) is 13.0 Å². The lowest BCUT2D eigenvalue weighted by Gasteiger charge is -2.37. The van der Waals surface area contributed by atoms with Gasteiger partial charge >= 0.3 is 5.97 Å². The zero-order valence-corrected chi connectivity index (χ0v) is 9.80. The molecule has 1 aromatic rings. The molecule has 92 valence electrons. The summed E-state index contributed by atoms with van der Waals surface area (Å²) in [6.45, 7) is 2.12. The summed E-state index contributed by atoms with van der Waals surface area (Å²) in [6.07, 6.45) is 1.41. The van der Waals surface area contributed by atoms with Crippen LogP contribution in [-0.2, 0) is 11.3 Å². The van der Waals surface area contributed by atoms with Crippen molar-refractivity contribution in [2.24, 2.45) is 5.73 Å². The van der Waals surface area contributed by atoms with Gasteiger partial charge in [0.15, 0.2) is 0 Å². The number of carboxylic acid groups (broad SMARTS) is 1. The first-order valence-corrected chi connectivity index (χ1v) is 5.89. The molecule has 1 aliphatic rings. The third-order valence-electron chi connectivity index (χ3n) is 3.28. The average molecular weight is 234 g/mol. The summed E-state index contributed by atoms with van der Waals surface area (Å²) in [5.74, 6) is -0.893. The molecule has 1 aliphatic heterocycles. The molecule has 0 unspecified atom stereocenters. The molecule has 0 amide bonds. The van der Waals surface area contributed by atoms with Gasteiger partial charge in [0.05, 0.1) is 0 Å². The molecule has 0 aromatic heterocycles. The van der Waals surface area contributed by atoms with Gasteiger partial charge in [-0.3, -0.25) is 9.69 Å². The highest BCUT2D eigenvalue weighted by Gasteiger charge is 2.38. The van der Waals surface area contributed by atoms with Crippen molar-refractivity contribution in [3.05, 3.63) is 35.9 Å². The zero-order valence-electron chi connectivity index (χ0n) is 9.80. The Morgan fingerprint density at radius 3 is 2.76 bits per heavy atom. The summed E-state index contributed by atoms with van der Waals surface area (Å²) in [4.78, 5) is 13.2. The van der Waals surface area contributed by atoms with Crippen LogP contribution in [0.4, 0.5) is 0 Å². The summed E-state index contributed by atoms with van der Waals surface area (Å²) >= 11 is 0. The summed E-state index contributed by atoms with van der Waals surface area (Å²) < 4.78 is 0. The second-order valence-electron chi connectivity index (χ2n) is 4.76. The zero-order chi connectivity index (χ0) is 12.3. The van der Waals surface area contributed by atoms with Crippen molar-refractivity contribution in [2.75, 3.05) is 13.1 Å². The molecule has 1 fully saturated rings. The van der Waals surface area contributed by atoms with Crippen LogP contribution in [0.2, 0.25) is 0 Å². The Bertz CT molecular complexity index is 394. The van der Waals surface area contributed by atoms with Crippen LogP contribution in [0.25, 0.3) is 0 Å². The van der Waals surface area contributed by atoms with Crippen LogP contribution in [-0.4, -0.2) is 34.6 Å². The number of carbonyl (C=O) groups is 1. The van der Waals surface area contributed by atoms with Crippen LogP contribution in [0.5, 0.6) is 0 Å². The fourth-order valence-electron chi connectivity index (χ4n) is 2.33. The number of hydrogen-bond acceptors (Lipinski definition) is 3. The minimum atomic E-state index is -1.08. The molecule has 1 saturated heterocycles. The van der Waals surface area contributed by atoms with Crippen LogP contribution in [0, 0.1) is 0 Å². The number of piperidine rings is 1. The Hall–Kier alpha value is -1.39. The molecule has 0 radical (unpaired) electrons. The summed E-state index contributed by atoms with van der Waals surface area (Å²) in [7, 11) is 0. The van der Waals surface area contributed by atoms with E-state index in [1.54, 1.807) is 0 Å². The van der Waals surface area contributed by atoms with Crippen molar-refractivity contribution in [3.63, 3.8) is 0 Å². The van der Waals surface area contributed by atoms with Crippen molar-refractivity contribution in [1.29, 1.82) is 0 Å². The minimum Gasteiger partial charge on any atom is -0.480 e. The SMILES string of the molecule is N[C@]1(C(=O)O)CCCN(Cc2ccccc2)C1. The van der Waals surface area contributed by atoms with Crippen molar-refractivity contribution >= 4 is 5.97 Å². The van der Waals surface area contributed by atoms with Gasteiger partial charge in [0.1, 0.15) is 5.54 Å². The van der Waals surface area contributed by atoms with E-state index in [0.717, 1.165) is 19.5 Å². The van der Waals surface area contributed by atoms with Crippen LogP contribution >= 0.6 is 0 Å². The van der Waals surface area contributed by atoms with Crippen molar-refractivity contribution in [3.8, 4) is 0 Å². The van der Waals surface area contributed by atoms with Crippen LogP contribution in [0.1, 0.15) is 18.4 Å². The largest absolute Gasteiger partial charge is 0.480 e. The fraction of sp³-hybridized carbons (Fsp3) is 0.462. The highest BCUT2D eigenvalue weighted by atomic mass is 16.4. The lowest BCUT2D eigenvalue weighted by molar-refractivity contribution is -0.145. The molecule has 4 heteroatoms. The number of likely N-dealkylation sites (tertiary alicyclic amines) is 1. The molecule has 1 heterocycles. The molecule has 0 bridgehead atoms. The van der Waals surface area contributed by atoms with Gasteiger partial charge in [-0.2, -0.15) is 0 Å². The molecule has 0 aliphatic carbocycles. The van der Waals surface area contributed by atoms with E-state index in [9.17, 15) is 4.79 Å². The van der Waals surface area contributed by atoms with Gasteiger partial charge in [-0.15, -0.1) is 0 Å². The number of carboxylic acids is 1. The van der Waals surface area contributed by atoms with Gasteiger partial charge in [-0.1, -0.05) is 30.3 Å². The monoisotopic (exact) mass is 234 g/mol. The average Bonchev–Trinajstić information content (AvgIpc) is 2.30. The van der Waals surface area contributed by atoms with E-state index >= 15 is 0 Å². The number of aliphatic carboxylic acids is 1. The normalized spacial score (nSPS) is 25.7. The first-order chi connectivity index (χ1) is 8.10. The van der Waals surface area contributed by atoms with Crippen molar-refractivity contribution in [1.82, 2.24) is 4.90 Å². The highest BCUT2D eigenvalue weighted by molar-refractivity contribution is 5.78. The van der Waals surface area contributed by atoms with Crippen LogP contribution in [0.15, 0.2) is 30.3 Å². The first-order valence-electron chi connectivity index (χ1n) is 5.89. The van der Waals surface area contributed by atoms with Gasteiger partial charge in [-0.25, -0.2) is 0 Å². The van der Waals surface area contributed by atoms with Gasteiger partial charge in [-0.05, 0) is 24.9 Å². The minimum absolute atomic E-state index is 0.428. The second-order valence-corrected chi connectivity index (χ2v) is 4.76. The lowest BCUT2D eigenvalue weighted by Crippen LogP contribution is -2.59. The smallest absolute Gasteiger partial charge is 0.325 e. The van der Waals surface area contributed by atoms with E-state index in [4.69, 9.17) is 10.8 Å². The number of nitrogens with zero attached hydrogens (tertiary/aromatic N) is 1. The maximum absolute atomic E-state index is 11.1. The molecular formula is C13H18N2O2. The topological polar surface area (TPSA) is 66.6 Å². The molecule has 2 rings (SSSR count). The Morgan fingerprint density at radius 1 is 1.41 bits per heavy atom. The van der Waals surface area contributed by atoms with E-state index in [1.165, 1.54) is 5.56 Å². The molecule has 1 atom stereocenters. The van der Waals surface area contributed by atoms with Crippen LogP contribution in [0.3, 0.4) is 0 Å². The molecular weight excluding hydrogens is 216 g/mol. The number of benzene rings is 1. The molecule has 4 nitrogen and oxygen atoms in total. The third kappa shape index (κ3) is 2.84. The number of nitrogens with two attached hydrogens (primary N) is 1. The maximum atomic E-state index is 11.1. The highest BCUT2D eigenvalue weighted by Crippen LogP contribution is 2.20. The molecule has 0 saturated carbocycles. The fourth-order valence-corrected chi connectivity index (χ4v) is 2.33. The Balaban J connectivity index is 2.01. The van der Waals surface area contributed by atoms with E-state index in [1.807, 2.05) is 30.3 Å².